The average molecular weight is 642 g/mol. The second-order valence-electron chi connectivity index (χ2n) is 12.1. The van der Waals surface area contributed by atoms with Crippen LogP contribution in [-0.4, -0.2) is 76.2 Å². The molecule has 2 saturated heterocycles. The molecule has 2 aliphatic heterocycles. The lowest BCUT2D eigenvalue weighted by Crippen LogP contribution is -2.50. The maximum atomic E-state index is 14.0. The highest BCUT2D eigenvalue weighted by Gasteiger charge is 2.28. The quantitative estimate of drug-likeness (QED) is 0.227. The molecule has 0 radical (unpaired) electrons. The van der Waals surface area contributed by atoms with Gasteiger partial charge in [0.2, 0.25) is 0 Å². The van der Waals surface area contributed by atoms with Crippen molar-refractivity contribution in [2.75, 3.05) is 42.5 Å². The number of rotatable bonds is 8. The third kappa shape index (κ3) is 6.07. The molecule has 0 spiro atoms. The second-order valence-corrected chi connectivity index (χ2v) is 13.4. The number of nitrogens with zero attached hydrogens (tertiary/aromatic N) is 7. The van der Waals surface area contributed by atoms with Gasteiger partial charge in [-0.1, -0.05) is 36.4 Å². The summed E-state index contributed by atoms with van der Waals surface area (Å²) in [7, 11) is -4.27. The molecule has 46 heavy (non-hydrogen) atoms. The van der Waals surface area contributed by atoms with Crippen molar-refractivity contribution in [3.05, 3.63) is 102 Å². The fourth-order valence-corrected chi connectivity index (χ4v) is 7.53. The molecule has 10 nitrogen and oxygen atoms in total. The SMILES string of the molecule is CC(Cc1ccccc1S(=O)(=O)O)N1CCN(c2cccc(-c3cnc4ccc(N5CCCC5c5cccc(F)c5)nn34)n2)CC1. The van der Waals surface area contributed by atoms with Crippen LogP contribution < -0.4 is 9.80 Å². The summed E-state index contributed by atoms with van der Waals surface area (Å²) in [5.41, 5.74) is 3.87. The third-order valence-electron chi connectivity index (χ3n) is 9.15. The van der Waals surface area contributed by atoms with Gasteiger partial charge in [0, 0.05) is 38.8 Å². The number of fused-ring (bicyclic) bond motifs is 1. The lowest BCUT2D eigenvalue weighted by Gasteiger charge is -2.38. The zero-order chi connectivity index (χ0) is 31.8. The van der Waals surface area contributed by atoms with Crippen LogP contribution in [0, 0.1) is 5.82 Å². The monoisotopic (exact) mass is 641 g/mol. The fraction of sp³-hybridized carbons (Fsp3) is 0.324. The van der Waals surface area contributed by atoms with Gasteiger partial charge in [0.1, 0.15) is 23.1 Å². The van der Waals surface area contributed by atoms with Crippen LogP contribution in [0.3, 0.4) is 0 Å². The van der Waals surface area contributed by atoms with Crippen molar-refractivity contribution in [2.45, 2.75) is 43.2 Å². The summed E-state index contributed by atoms with van der Waals surface area (Å²) in [6.07, 6.45) is 4.27. The van der Waals surface area contributed by atoms with E-state index in [4.69, 9.17) is 10.1 Å². The number of hydrogen-bond acceptors (Lipinski definition) is 8. The number of imidazole rings is 1. The number of piperazine rings is 1. The van der Waals surface area contributed by atoms with E-state index >= 15 is 0 Å². The summed E-state index contributed by atoms with van der Waals surface area (Å²) in [6, 6.07) is 23.5. The zero-order valence-electron chi connectivity index (χ0n) is 25.6. The molecule has 5 aromatic rings. The van der Waals surface area contributed by atoms with Gasteiger partial charge >= 0.3 is 0 Å². The van der Waals surface area contributed by atoms with Crippen LogP contribution in [0.4, 0.5) is 16.0 Å². The molecule has 2 fully saturated rings. The summed E-state index contributed by atoms with van der Waals surface area (Å²) in [5, 5.41) is 4.99. The number of pyridine rings is 1. The predicted octanol–water partition coefficient (Wildman–Crippen LogP) is 5.27. The smallest absolute Gasteiger partial charge is 0.294 e. The molecular formula is C34H36FN7O3S. The first-order valence-electron chi connectivity index (χ1n) is 15.6. The Morgan fingerprint density at radius 3 is 2.54 bits per heavy atom. The van der Waals surface area contributed by atoms with Gasteiger partial charge in [-0.3, -0.25) is 9.45 Å². The van der Waals surface area contributed by atoms with Crippen molar-refractivity contribution < 1.29 is 17.4 Å². The molecule has 2 atom stereocenters. The fourth-order valence-electron chi connectivity index (χ4n) is 6.80. The summed E-state index contributed by atoms with van der Waals surface area (Å²) >= 11 is 0. The highest BCUT2D eigenvalue weighted by molar-refractivity contribution is 7.85. The summed E-state index contributed by atoms with van der Waals surface area (Å²) in [5.74, 6) is 1.46. The molecule has 3 aromatic heterocycles. The van der Waals surface area contributed by atoms with Gasteiger partial charge in [0.05, 0.1) is 22.8 Å². The predicted molar refractivity (Wildman–Crippen MR) is 175 cm³/mol. The van der Waals surface area contributed by atoms with Crippen molar-refractivity contribution in [1.29, 1.82) is 0 Å². The molecule has 12 heteroatoms. The van der Waals surface area contributed by atoms with Crippen LogP contribution in [0.25, 0.3) is 17.0 Å². The Kier molecular flexibility index (Phi) is 8.18. The molecule has 238 valence electrons. The van der Waals surface area contributed by atoms with Gasteiger partial charge in [-0.05, 0) is 79.8 Å². The van der Waals surface area contributed by atoms with E-state index in [2.05, 4.69) is 26.6 Å². The first kappa shape index (κ1) is 30.3. The summed E-state index contributed by atoms with van der Waals surface area (Å²) in [6.45, 7) is 6.06. The lowest BCUT2D eigenvalue weighted by molar-refractivity contribution is 0.195. The Labute approximate surface area is 267 Å². The Morgan fingerprint density at radius 1 is 0.935 bits per heavy atom. The lowest BCUT2D eigenvalue weighted by atomic mass is 10.0. The maximum Gasteiger partial charge on any atom is 0.294 e. The van der Waals surface area contributed by atoms with E-state index in [-0.39, 0.29) is 22.8 Å². The molecule has 7 rings (SSSR count). The molecule has 2 aromatic carbocycles. The van der Waals surface area contributed by atoms with Crippen LogP contribution in [-0.2, 0) is 16.5 Å². The number of aromatic nitrogens is 4. The van der Waals surface area contributed by atoms with Crippen LogP contribution in [0.1, 0.15) is 36.9 Å². The highest BCUT2D eigenvalue weighted by Crippen LogP contribution is 2.36. The van der Waals surface area contributed by atoms with Gasteiger partial charge in [-0.25, -0.2) is 18.9 Å². The first-order chi connectivity index (χ1) is 22.2. The summed E-state index contributed by atoms with van der Waals surface area (Å²) < 4.78 is 49.2. The molecule has 2 aliphatic rings. The molecule has 2 unspecified atom stereocenters. The van der Waals surface area contributed by atoms with Gasteiger partial charge in [0.25, 0.3) is 10.1 Å². The van der Waals surface area contributed by atoms with E-state index < -0.39 is 10.1 Å². The number of anilines is 2. The molecule has 0 saturated carbocycles. The van der Waals surface area contributed by atoms with Gasteiger partial charge in [-0.15, -0.1) is 5.10 Å². The summed E-state index contributed by atoms with van der Waals surface area (Å²) in [4.78, 5) is 16.4. The van der Waals surface area contributed by atoms with Crippen LogP contribution in [0.2, 0.25) is 0 Å². The Morgan fingerprint density at radius 2 is 1.74 bits per heavy atom. The van der Waals surface area contributed by atoms with E-state index in [1.807, 2.05) is 40.9 Å². The Balaban J connectivity index is 1.07. The van der Waals surface area contributed by atoms with E-state index in [9.17, 15) is 17.4 Å². The molecule has 0 amide bonds. The molecular weight excluding hydrogens is 605 g/mol. The van der Waals surface area contributed by atoms with Crippen molar-refractivity contribution in [3.8, 4) is 11.4 Å². The average Bonchev–Trinajstić information content (AvgIpc) is 3.72. The largest absolute Gasteiger partial charge is 0.354 e. The van der Waals surface area contributed by atoms with Crippen LogP contribution in [0.15, 0.2) is 90.0 Å². The van der Waals surface area contributed by atoms with Crippen molar-refractivity contribution in [1.82, 2.24) is 24.5 Å². The van der Waals surface area contributed by atoms with E-state index in [0.29, 0.717) is 12.0 Å². The normalized spacial score (nSPS) is 18.4. The zero-order valence-corrected chi connectivity index (χ0v) is 26.4. The minimum Gasteiger partial charge on any atom is -0.354 e. The molecule has 0 aliphatic carbocycles. The Bertz CT molecular complexity index is 1980. The molecule has 0 bridgehead atoms. The number of benzene rings is 2. The van der Waals surface area contributed by atoms with Gasteiger partial charge in [-0.2, -0.15) is 8.42 Å². The van der Waals surface area contributed by atoms with Crippen molar-refractivity contribution >= 4 is 27.4 Å². The second kappa shape index (κ2) is 12.4. The third-order valence-corrected chi connectivity index (χ3v) is 10.1. The van der Waals surface area contributed by atoms with E-state index in [1.165, 1.54) is 12.1 Å². The minimum atomic E-state index is -4.27. The van der Waals surface area contributed by atoms with E-state index in [1.54, 1.807) is 36.5 Å². The maximum absolute atomic E-state index is 14.0. The molecule has 5 heterocycles. The van der Waals surface area contributed by atoms with Crippen molar-refractivity contribution in [2.24, 2.45) is 0 Å². The van der Waals surface area contributed by atoms with E-state index in [0.717, 1.165) is 79.8 Å². The standard InChI is InChI=1S/C34H36FN7O3S/c1-24(21-26-7-2-3-12-31(26)46(43,44)45)39-17-19-40(20-18-39)33-13-5-10-28(37-33)30-23-36-32-14-15-34(38-42(30)32)41-16-6-11-29(41)25-8-4-9-27(35)22-25/h2-5,7-10,12-15,22-24,29H,6,11,16-21H2,1H3,(H,43,44,45). The minimum absolute atomic E-state index is 0.0256. The van der Waals surface area contributed by atoms with Gasteiger partial charge < -0.3 is 9.80 Å². The van der Waals surface area contributed by atoms with Gasteiger partial charge in [0.15, 0.2) is 5.65 Å². The van der Waals surface area contributed by atoms with Crippen molar-refractivity contribution in [3.63, 3.8) is 0 Å². The molecule has 1 N–H and O–H groups in total. The first-order valence-corrected chi connectivity index (χ1v) is 17.1. The number of halogens is 1. The Hall–Kier alpha value is -4.39. The highest BCUT2D eigenvalue weighted by atomic mass is 32.2. The van der Waals surface area contributed by atoms with Crippen LogP contribution in [0.5, 0.6) is 0 Å². The number of hydrogen-bond donors (Lipinski definition) is 1. The van der Waals surface area contributed by atoms with Crippen LogP contribution >= 0.6 is 0 Å². The topological polar surface area (TPSA) is 107 Å².